The van der Waals surface area contributed by atoms with Crippen LogP contribution in [0.2, 0.25) is 0 Å². The number of thiophene rings is 2. The van der Waals surface area contributed by atoms with Crippen LogP contribution in [0.4, 0.5) is 0 Å². The first-order valence-corrected chi connectivity index (χ1v) is 20.5. The highest BCUT2D eigenvalue weighted by atomic mass is 32.1. The number of hydrogen-bond donors (Lipinski definition) is 0. The van der Waals surface area contributed by atoms with E-state index in [2.05, 4.69) is 168 Å². The molecule has 0 aliphatic carbocycles. The number of aryl methyl sites for hydroxylation is 1. The van der Waals surface area contributed by atoms with Gasteiger partial charge in [-0.1, -0.05) is 97.1 Å². The van der Waals surface area contributed by atoms with Gasteiger partial charge in [0.25, 0.3) is 0 Å². The Morgan fingerprint density at radius 2 is 0.947 bits per heavy atom. The van der Waals surface area contributed by atoms with Gasteiger partial charge in [0, 0.05) is 73.0 Å². The van der Waals surface area contributed by atoms with Crippen LogP contribution in [0.15, 0.2) is 152 Å². The Balaban J connectivity index is 1.30. The van der Waals surface area contributed by atoms with Crippen LogP contribution in [0.3, 0.4) is 0 Å². The third kappa shape index (κ3) is 4.34. The first kappa shape index (κ1) is 32.1. The summed E-state index contributed by atoms with van der Waals surface area (Å²) in [5.41, 5.74) is 9.78. The number of rotatable bonds is 3. The maximum absolute atomic E-state index is 11.3. The molecule has 264 valence electrons. The molecule has 0 saturated heterocycles. The van der Waals surface area contributed by atoms with Crippen molar-refractivity contribution >= 4 is 107 Å². The number of benzene rings is 8. The zero-order valence-corrected chi connectivity index (χ0v) is 32.2. The average molecular weight is 761 g/mol. The van der Waals surface area contributed by atoms with Gasteiger partial charge >= 0.3 is 0 Å². The number of nitrogens with zero attached hydrogens (tertiary/aromatic N) is 4. The standard InChI is InChI=1S/C51H28N4S2/c1-29-11-10-12-30(27-52)47(29)38-26-41(54-39-17-6-2-13-32(39)34-21-23-45-48(50(34)54)36-15-4-8-19-43(36)56-45)31(28-53)25-42(38)55-40-18-7-3-14-33(40)35-22-24-46-49(51(35)55)37-16-5-9-20-44(37)57-46/h2-26H,1H3. The fourth-order valence-electron chi connectivity index (χ4n) is 9.39. The zero-order chi connectivity index (χ0) is 37.9. The van der Waals surface area contributed by atoms with Gasteiger partial charge < -0.3 is 9.13 Å². The van der Waals surface area contributed by atoms with Crippen molar-refractivity contribution in [3.05, 3.63) is 168 Å². The predicted molar refractivity (Wildman–Crippen MR) is 241 cm³/mol. The smallest absolute Gasteiger partial charge is 0.101 e. The Hall–Kier alpha value is -7.22. The van der Waals surface area contributed by atoms with Gasteiger partial charge in [-0.15, -0.1) is 22.7 Å². The number of aromatic nitrogens is 2. The van der Waals surface area contributed by atoms with E-state index in [0.717, 1.165) is 71.7 Å². The number of para-hydroxylation sites is 2. The fourth-order valence-corrected chi connectivity index (χ4v) is 11.6. The van der Waals surface area contributed by atoms with E-state index in [9.17, 15) is 10.5 Å². The molecule has 0 bridgehead atoms. The molecular formula is C51H28N4S2. The maximum Gasteiger partial charge on any atom is 0.101 e. The van der Waals surface area contributed by atoms with E-state index in [0.29, 0.717) is 11.1 Å². The largest absolute Gasteiger partial charge is 0.308 e. The Bertz CT molecular complexity index is 3800. The van der Waals surface area contributed by atoms with Gasteiger partial charge in [0.1, 0.15) is 6.07 Å². The van der Waals surface area contributed by atoms with Gasteiger partial charge in [0.05, 0.1) is 50.6 Å². The van der Waals surface area contributed by atoms with Gasteiger partial charge in [0.15, 0.2) is 0 Å². The summed E-state index contributed by atoms with van der Waals surface area (Å²) in [5, 5.41) is 31.4. The second kappa shape index (κ2) is 11.9. The number of hydrogen-bond acceptors (Lipinski definition) is 4. The van der Waals surface area contributed by atoms with Crippen molar-refractivity contribution in [2.24, 2.45) is 0 Å². The van der Waals surface area contributed by atoms with Gasteiger partial charge in [-0.3, -0.25) is 0 Å². The molecule has 6 heteroatoms. The van der Waals surface area contributed by atoms with E-state index >= 15 is 0 Å². The second-order valence-electron chi connectivity index (χ2n) is 14.7. The minimum absolute atomic E-state index is 0.549. The lowest BCUT2D eigenvalue weighted by Crippen LogP contribution is -2.05. The molecule has 0 aliphatic rings. The molecule has 57 heavy (non-hydrogen) atoms. The predicted octanol–water partition coefficient (Wildman–Crippen LogP) is 14.3. The Labute approximate surface area is 334 Å². The topological polar surface area (TPSA) is 57.4 Å². The molecule has 0 fully saturated rings. The Morgan fingerprint density at radius 3 is 1.51 bits per heavy atom. The summed E-state index contributed by atoms with van der Waals surface area (Å²) in [6.45, 7) is 2.08. The highest BCUT2D eigenvalue weighted by molar-refractivity contribution is 7.26. The lowest BCUT2D eigenvalue weighted by molar-refractivity contribution is 1.14. The Kier molecular flexibility index (Phi) is 6.69. The van der Waals surface area contributed by atoms with E-state index in [4.69, 9.17) is 0 Å². The molecule has 0 unspecified atom stereocenters. The van der Waals surface area contributed by atoms with Crippen LogP contribution >= 0.6 is 22.7 Å². The second-order valence-corrected chi connectivity index (χ2v) is 16.8. The highest BCUT2D eigenvalue weighted by Crippen LogP contribution is 2.48. The van der Waals surface area contributed by atoms with Crippen molar-refractivity contribution in [1.82, 2.24) is 9.13 Å². The van der Waals surface area contributed by atoms with Crippen molar-refractivity contribution < 1.29 is 0 Å². The number of fused-ring (bicyclic) bond motifs is 14. The molecule has 8 aromatic carbocycles. The molecule has 0 N–H and O–H groups in total. The van der Waals surface area contributed by atoms with Crippen LogP contribution in [0, 0.1) is 29.6 Å². The summed E-state index contributed by atoms with van der Waals surface area (Å²) in [5.74, 6) is 0. The van der Waals surface area contributed by atoms with Crippen LogP contribution in [-0.4, -0.2) is 9.13 Å². The van der Waals surface area contributed by atoms with Crippen molar-refractivity contribution in [2.45, 2.75) is 6.92 Å². The average Bonchev–Trinajstić information content (AvgIpc) is 4.00. The maximum atomic E-state index is 11.3. The summed E-state index contributed by atoms with van der Waals surface area (Å²) in [7, 11) is 0. The minimum Gasteiger partial charge on any atom is -0.308 e. The molecule has 0 saturated carbocycles. The summed E-state index contributed by atoms with van der Waals surface area (Å²) < 4.78 is 9.53. The van der Waals surface area contributed by atoms with Gasteiger partial charge in [-0.2, -0.15) is 10.5 Å². The van der Waals surface area contributed by atoms with Crippen LogP contribution < -0.4 is 0 Å². The van der Waals surface area contributed by atoms with Crippen molar-refractivity contribution in [1.29, 1.82) is 10.5 Å². The SMILES string of the molecule is Cc1cccc(C#N)c1-c1cc(-n2c3ccccc3c3ccc4sc5ccccc5c4c32)c(C#N)cc1-n1c2ccccc2c2ccc3sc4ccccc4c3c21. The normalized spacial score (nSPS) is 11.9. The minimum atomic E-state index is 0.549. The van der Waals surface area contributed by atoms with Crippen molar-refractivity contribution in [3.8, 4) is 34.6 Å². The van der Waals surface area contributed by atoms with E-state index in [1.807, 2.05) is 12.1 Å². The first-order valence-electron chi connectivity index (χ1n) is 18.9. The quantitative estimate of drug-likeness (QED) is 0.180. The van der Waals surface area contributed by atoms with E-state index in [-0.39, 0.29) is 0 Å². The molecule has 0 spiro atoms. The van der Waals surface area contributed by atoms with E-state index < -0.39 is 0 Å². The molecule has 0 atom stereocenters. The Morgan fingerprint density at radius 1 is 0.439 bits per heavy atom. The monoisotopic (exact) mass is 760 g/mol. The van der Waals surface area contributed by atoms with E-state index in [1.165, 1.54) is 40.3 Å². The molecule has 0 aliphatic heterocycles. The molecule has 12 aromatic rings. The van der Waals surface area contributed by atoms with Crippen LogP contribution in [0.25, 0.3) is 106 Å². The highest BCUT2D eigenvalue weighted by Gasteiger charge is 2.26. The molecule has 12 rings (SSSR count). The summed E-state index contributed by atoms with van der Waals surface area (Å²) in [6.07, 6.45) is 0. The van der Waals surface area contributed by atoms with Crippen LogP contribution in [-0.2, 0) is 0 Å². The first-order chi connectivity index (χ1) is 28.1. The van der Waals surface area contributed by atoms with Gasteiger partial charge in [-0.05, 0) is 67.1 Å². The molecule has 4 aromatic heterocycles. The molecule has 0 radical (unpaired) electrons. The van der Waals surface area contributed by atoms with Crippen molar-refractivity contribution in [2.75, 3.05) is 0 Å². The van der Waals surface area contributed by atoms with Crippen LogP contribution in [0.1, 0.15) is 16.7 Å². The fraction of sp³-hybridized carbons (Fsp3) is 0.0196. The zero-order valence-electron chi connectivity index (χ0n) is 30.5. The lowest BCUT2D eigenvalue weighted by atomic mass is 9.92. The molecule has 4 nitrogen and oxygen atoms in total. The third-order valence-corrected chi connectivity index (χ3v) is 14.0. The van der Waals surface area contributed by atoms with Gasteiger partial charge in [0.2, 0.25) is 0 Å². The molecular weight excluding hydrogens is 733 g/mol. The number of nitriles is 2. The third-order valence-electron chi connectivity index (χ3n) is 11.7. The summed E-state index contributed by atoms with van der Waals surface area (Å²) >= 11 is 3.60. The molecule has 4 heterocycles. The summed E-state index contributed by atoms with van der Waals surface area (Å²) in [4.78, 5) is 0. The lowest BCUT2D eigenvalue weighted by Gasteiger charge is -2.21. The van der Waals surface area contributed by atoms with Gasteiger partial charge in [-0.25, -0.2) is 0 Å². The van der Waals surface area contributed by atoms with E-state index in [1.54, 1.807) is 22.7 Å². The summed E-state index contributed by atoms with van der Waals surface area (Å²) in [6, 6.07) is 58.6. The molecule has 0 amide bonds. The van der Waals surface area contributed by atoms with Crippen molar-refractivity contribution in [3.63, 3.8) is 0 Å². The van der Waals surface area contributed by atoms with Crippen LogP contribution in [0.5, 0.6) is 0 Å².